The van der Waals surface area contributed by atoms with Gasteiger partial charge in [0.25, 0.3) is 0 Å². The molecule has 0 unspecified atom stereocenters. The minimum absolute atomic E-state index is 0.131. The maximum absolute atomic E-state index is 13.2. The second kappa shape index (κ2) is 9.31. The molecule has 2 N–H and O–H groups in total. The van der Waals surface area contributed by atoms with Crippen molar-refractivity contribution < 1.29 is 17.9 Å². The summed E-state index contributed by atoms with van der Waals surface area (Å²) in [5, 5.41) is 5.73. The average Bonchev–Trinajstić information content (AvgIpc) is 2.58. The standard InChI is InChI=1S/C16H24F3N5OS/c1-11-6-3-4-8-24(11)13-10-12(16(17,18)19)21-14(22-13)23-15(26)20-7-5-9-25-2/h10-11H,3-9H2,1-2H3,(H2,20,21,22,23,26)/t11-/m0/s1. The smallest absolute Gasteiger partial charge is 0.385 e. The highest BCUT2D eigenvalue weighted by Gasteiger charge is 2.35. The summed E-state index contributed by atoms with van der Waals surface area (Å²) < 4.78 is 44.6. The highest BCUT2D eigenvalue weighted by atomic mass is 32.1. The molecule has 0 amide bonds. The van der Waals surface area contributed by atoms with Crippen molar-refractivity contribution in [3.63, 3.8) is 0 Å². The first kappa shape index (κ1) is 20.6. The van der Waals surface area contributed by atoms with Gasteiger partial charge in [-0.2, -0.15) is 18.2 Å². The number of thiocarbonyl (C=S) groups is 1. The van der Waals surface area contributed by atoms with E-state index in [0.29, 0.717) is 19.7 Å². The Balaban J connectivity index is 2.16. The number of ether oxygens (including phenoxy) is 1. The minimum Gasteiger partial charge on any atom is -0.385 e. The molecular formula is C16H24F3N5OS. The van der Waals surface area contributed by atoms with E-state index in [4.69, 9.17) is 17.0 Å². The molecule has 6 nitrogen and oxygen atoms in total. The topological polar surface area (TPSA) is 62.3 Å². The molecule has 1 saturated heterocycles. The first-order valence-electron chi connectivity index (χ1n) is 8.58. The van der Waals surface area contributed by atoms with Gasteiger partial charge in [-0.15, -0.1) is 0 Å². The lowest BCUT2D eigenvalue weighted by molar-refractivity contribution is -0.141. The third-order valence-electron chi connectivity index (χ3n) is 4.14. The molecule has 0 spiro atoms. The van der Waals surface area contributed by atoms with Gasteiger partial charge in [0.1, 0.15) is 5.82 Å². The first-order chi connectivity index (χ1) is 12.3. The van der Waals surface area contributed by atoms with Crippen molar-refractivity contribution >= 4 is 29.1 Å². The van der Waals surface area contributed by atoms with Crippen LogP contribution in [0.4, 0.5) is 24.9 Å². The largest absolute Gasteiger partial charge is 0.433 e. The third-order valence-corrected chi connectivity index (χ3v) is 4.38. The molecule has 1 fully saturated rings. The highest BCUT2D eigenvalue weighted by molar-refractivity contribution is 7.80. The number of hydrogen-bond donors (Lipinski definition) is 2. The molecule has 1 aromatic heterocycles. The average molecular weight is 391 g/mol. The van der Waals surface area contributed by atoms with Crippen molar-refractivity contribution in [3.05, 3.63) is 11.8 Å². The molecule has 0 aliphatic carbocycles. The van der Waals surface area contributed by atoms with Crippen molar-refractivity contribution in [2.24, 2.45) is 0 Å². The summed E-state index contributed by atoms with van der Waals surface area (Å²) in [6, 6.07) is 1.13. The van der Waals surface area contributed by atoms with E-state index < -0.39 is 11.9 Å². The molecule has 2 rings (SSSR count). The van der Waals surface area contributed by atoms with Gasteiger partial charge in [-0.05, 0) is 44.8 Å². The molecule has 146 valence electrons. The van der Waals surface area contributed by atoms with Gasteiger partial charge in [0, 0.05) is 38.9 Å². The summed E-state index contributed by atoms with van der Waals surface area (Å²) in [5.41, 5.74) is -0.982. The van der Waals surface area contributed by atoms with Gasteiger partial charge in [-0.1, -0.05) is 0 Å². The molecule has 1 atom stereocenters. The van der Waals surface area contributed by atoms with E-state index in [-0.39, 0.29) is 22.9 Å². The summed E-state index contributed by atoms with van der Waals surface area (Å²) in [5.74, 6) is 0.112. The minimum atomic E-state index is -4.55. The number of halogens is 3. The molecule has 2 heterocycles. The lowest BCUT2D eigenvalue weighted by Crippen LogP contribution is -2.38. The zero-order valence-electron chi connectivity index (χ0n) is 14.9. The van der Waals surface area contributed by atoms with Crippen LogP contribution in [-0.2, 0) is 10.9 Å². The fraction of sp³-hybridized carbons (Fsp3) is 0.688. The second-order valence-electron chi connectivity index (χ2n) is 6.20. The Morgan fingerprint density at radius 3 is 2.81 bits per heavy atom. The predicted octanol–water partition coefficient (Wildman–Crippen LogP) is 3.20. The van der Waals surface area contributed by atoms with E-state index in [1.165, 1.54) is 0 Å². The fourth-order valence-corrected chi connectivity index (χ4v) is 2.98. The van der Waals surface area contributed by atoms with Gasteiger partial charge < -0.3 is 20.3 Å². The van der Waals surface area contributed by atoms with E-state index in [9.17, 15) is 13.2 Å². The molecule has 1 aliphatic heterocycles. The molecule has 1 aliphatic rings. The normalized spacial score (nSPS) is 17.9. The van der Waals surface area contributed by atoms with Crippen molar-refractivity contribution in [1.29, 1.82) is 0 Å². The maximum Gasteiger partial charge on any atom is 0.433 e. The van der Waals surface area contributed by atoms with Crippen LogP contribution in [0.15, 0.2) is 6.07 Å². The summed E-state index contributed by atoms with van der Waals surface area (Å²) >= 11 is 5.11. The van der Waals surface area contributed by atoms with Crippen LogP contribution in [-0.4, -0.2) is 47.9 Å². The highest BCUT2D eigenvalue weighted by Crippen LogP contribution is 2.32. The number of piperidine rings is 1. The Kier molecular flexibility index (Phi) is 7.39. The molecule has 0 aromatic carbocycles. The Bertz CT molecular complexity index is 614. The number of methoxy groups -OCH3 is 1. The number of alkyl halides is 3. The van der Waals surface area contributed by atoms with Crippen LogP contribution in [0.3, 0.4) is 0 Å². The van der Waals surface area contributed by atoms with E-state index >= 15 is 0 Å². The van der Waals surface area contributed by atoms with E-state index in [0.717, 1.165) is 31.7 Å². The monoisotopic (exact) mass is 391 g/mol. The van der Waals surface area contributed by atoms with Gasteiger partial charge >= 0.3 is 6.18 Å². The molecule has 26 heavy (non-hydrogen) atoms. The number of aromatic nitrogens is 2. The fourth-order valence-electron chi connectivity index (χ4n) is 2.79. The molecule has 0 radical (unpaired) electrons. The summed E-state index contributed by atoms with van der Waals surface area (Å²) in [7, 11) is 1.59. The molecular weight excluding hydrogens is 367 g/mol. The Labute approximate surface area is 156 Å². The van der Waals surface area contributed by atoms with Crippen LogP contribution in [0.2, 0.25) is 0 Å². The molecule has 1 aromatic rings. The van der Waals surface area contributed by atoms with Gasteiger partial charge in [0.05, 0.1) is 0 Å². The van der Waals surface area contributed by atoms with Crippen molar-refractivity contribution in [2.75, 3.05) is 37.0 Å². The van der Waals surface area contributed by atoms with Gasteiger partial charge in [-0.25, -0.2) is 4.98 Å². The lowest BCUT2D eigenvalue weighted by atomic mass is 10.0. The third kappa shape index (κ3) is 5.94. The van der Waals surface area contributed by atoms with E-state index in [1.807, 2.05) is 11.8 Å². The Hall–Kier alpha value is -1.68. The first-order valence-corrected chi connectivity index (χ1v) is 8.99. The number of hydrogen-bond acceptors (Lipinski definition) is 5. The Morgan fingerprint density at radius 2 is 2.15 bits per heavy atom. The van der Waals surface area contributed by atoms with Crippen molar-refractivity contribution in [2.45, 2.75) is 44.8 Å². The van der Waals surface area contributed by atoms with Crippen LogP contribution in [0.5, 0.6) is 0 Å². The zero-order chi connectivity index (χ0) is 19.2. The summed E-state index contributed by atoms with van der Waals surface area (Å²) in [4.78, 5) is 9.73. The number of rotatable bonds is 6. The van der Waals surface area contributed by atoms with Crippen LogP contribution in [0.25, 0.3) is 0 Å². The summed E-state index contributed by atoms with van der Waals surface area (Å²) in [6.45, 7) is 3.76. The van der Waals surface area contributed by atoms with Gasteiger partial charge in [0.2, 0.25) is 5.95 Å². The van der Waals surface area contributed by atoms with Crippen LogP contribution < -0.4 is 15.5 Å². The van der Waals surface area contributed by atoms with Crippen LogP contribution in [0.1, 0.15) is 38.3 Å². The number of nitrogens with one attached hydrogen (secondary N) is 2. The molecule has 0 saturated carbocycles. The van der Waals surface area contributed by atoms with Gasteiger partial charge in [-0.3, -0.25) is 0 Å². The SMILES string of the molecule is COCCCNC(=S)Nc1nc(N2CCCC[C@@H]2C)cc(C(F)(F)F)n1. The van der Waals surface area contributed by atoms with Crippen molar-refractivity contribution in [1.82, 2.24) is 15.3 Å². The van der Waals surface area contributed by atoms with E-state index in [1.54, 1.807) is 7.11 Å². The zero-order valence-corrected chi connectivity index (χ0v) is 15.7. The predicted molar refractivity (Wildman–Crippen MR) is 98.4 cm³/mol. The maximum atomic E-state index is 13.2. The van der Waals surface area contributed by atoms with Gasteiger partial charge in [0.15, 0.2) is 10.8 Å². The second-order valence-corrected chi connectivity index (χ2v) is 6.61. The van der Waals surface area contributed by atoms with Crippen molar-refractivity contribution in [3.8, 4) is 0 Å². The summed E-state index contributed by atoms with van der Waals surface area (Å²) in [6.07, 6.45) is -0.917. The number of anilines is 2. The van der Waals surface area contributed by atoms with Crippen LogP contribution >= 0.6 is 12.2 Å². The van der Waals surface area contributed by atoms with E-state index in [2.05, 4.69) is 20.6 Å². The molecule has 0 bridgehead atoms. The number of nitrogens with zero attached hydrogens (tertiary/aromatic N) is 3. The lowest BCUT2D eigenvalue weighted by Gasteiger charge is -2.34. The van der Waals surface area contributed by atoms with Crippen LogP contribution in [0, 0.1) is 0 Å². The Morgan fingerprint density at radius 1 is 1.38 bits per heavy atom. The quantitative estimate of drug-likeness (QED) is 0.570. The molecule has 10 heteroatoms.